The molecule has 4 rings (SSSR count). The first kappa shape index (κ1) is 19.6. The molecule has 2 aliphatic heterocycles. The predicted molar refractivity (Wildman–Crippen MR) is 106 cm³/mol. The third-order valence-electron chi connectivity index (χ3n) is 5.09. The van der Waals surface area contributed by atoms with Crippen LogP contribution in [-0.4, -0.2) is 48.1 Å². The van der Waals surface area contributed by atoms with Gasteiger partial charge in [-0.05, 0) is 43.0 Å². The van der Waals surface area contributed by atoms with Crippen LogP contribution < -0.4 is 20.8 Å². The molecule has 1 amide bonds. The van der Waals surface area contributed by atoms with E-state index in [1.165, 1.54) is 24.4 Å². The van der Waals surface area contributed by atoms with Crippen molar-refractivity contribution in [3.63, 3.8) is 0 Å². The van der Waals surface area contributed by atoms with E-state index in [0.717, 1.165) is 31.5 Å². The van der Waals surface area contributed by atoms with Gasteiger partial charge in [-0.25, -0.2) is 9.37 Å². The molecule has 152 valence electrons. The summed E-state index contributed by atoms with van der Waals surface area (Å²) < 4.78 is 19.8. The zero-order valence-electron chi connectivity index (χ0n) is 15.8. The first-order valence-corrected chi connectivity index (χ1v) is 9.86. The van der Waals surface area contributed by atoms with Crippen molar-refractivity contribution in [3.05, 3.63) is 58.5 Å². The Morgan fingerprint density at radius 3 is 2.86 bits per heavy atom. The van der Waals surface area contributed by atoms with Gasteiger partial charge < -0.3 is 20.7 Å². The van der Waals surface area contributed by atoms with Gasteiger partial charge in [-0.15, -0.1) is 0 Å². The number of rotatable bonds is 4. The molecule has 0 radical (unpaired) electrons. The summed E-state index contributed by atoms with van der Waals surface area (Å²) in [5.74, 6) is 0.128. The van der Waals surface area contributed by atoms with E-state index in [-0.39, 0.29) is 24.3 Å². The summed E-state index contributed by atoms with van der Waals surface area (Å²) in [6, 6.07) is 4.01. The number of benzene rings is 1. The molecule has 9 heteroatoms. The maximum absolute atomic E-state index is 13.9. The average Bonchev–Trinajstić information content (AvgIpc) is 3.11. The summed E-state index contributed by atoms with van der Waals surface area (Å²) in [7, 11) is 0. The molecular weight excluding hydrogens is 397 g/mol. The number of carbonyl (C=O) groups excluding carboxylic acids is 1. The Balaban J connectivity index is 1.53. The van der Waals surface area contributed by atoms with Crippen LogP contribution in [0.25, 0.3) is 5.57 Å². The Kier molecular flexibility index (Phi) is 5.64. The van der Waals surface area contributed by atoms with E-state index in [2.05, 4.69) is 15.3 Å². The Bertz CT molecular complexity index is 944. The highest BCUT2D eigenvalue weighted by molar-refractivity contribution is 6.30. The number of piperidine rings is 1. The van der Waals surface area contributed by atoms with Crippen molar-refractivity contribution in [2.75, 3.05) is 26.2 Å². The quantitative estimate of drug-likeness (QED) is 0.787. The molecule has 7 nitrogen and oxygen atoms in total. The molecule has 29 heavy (non-hydrogen) atoms. The fourth-order valence-corrected chi connectivity index (χ4v) is 3.66. The van der Waals surface area contributed by atoms with Crippen molar-refractivity contribution >= 4 is 23.1 Å². The zero-order valence-corrected chi connectivity index (χ0v) is 16.5. The molecule has 3 heterocycles. The monoisotopic (exact) mass is 418 g/mol. The van der Waals surface area contributed by atoms with Crippen LogP contribution in [-0.2, 0) is 0 Å². The van der Waals surface area contributed by atoms with E-state index in [9.17, 15) is 9.18 Å². The van der Waals surface area contributed by atoms with Gasteiger partial charge in [0.25, 0.3) is 5.91 Å². The number of nitrogens with one attached hydrogen (secondary N) is 2. The third kappa shape index (κ3) is 4.33. The fraction of sp³-hybridized carbons (Fsp3) is 0.350. The number of nitrogens with zero attached hydrogens (tertiary/aromatic N) is 2. The molecule has 1 aromatic carbocycles. The van der Waals surface area contributed by atoms with Crippen molar-refractivity contribution < 1.29 is 18.9 Å². The van der Waals surface area contributed by atoms with Gasteiger partial charge in [-0.3, -0.25) is 4.79 Å². The van der Waals surface area contributed by atoms with E-state index in [1.807, 2.05) is 0 Å². The van der Waals surface area contributed by atoms with E-state index in [0.29, 0.717) is 28.7 Å². The number of hydrogen-bond donors (Lipinski definition) is 2. The molecule has 1 saturated heterocycles. The number of amides is 1. The Labute approximate surface area is 172 Å². The number of aromatic amines is 1. The molecule has 1 fully saturated rings. The number of aromatic nitrogens is 2. The lowest BCUT2D eigenvalue weighted by atomic mass is 10.1. The van der Waals surface area contributed by atoms with E-state index in [4.69, 9.17) is 22.1 Å². The minimum atomic E-state index is -0.440. The van der Waals surface area contributed by atoms with Gasteiger partial charge in [-0.2, -0.15) is 0 Å². The van der Waals surface area contributed by atoms with Gasteiger partial charge in [-0.1, -0.05) is 11.6 Å². The molecule has 1 aromatic heterocycles. The first-order chi connectivity index (χ1) is 14.0. The molecule has 0 atom stereocenters. The summed E-state index contributed by atoms with van der Waals surface area (Å²) >= 11 is 5.87. The van der Waals surface area contributed by atoms with Gasteiger partial charge >= 0.3 is 5.82 Å². The molecule has 0 aliphatic carbocycles. The van der Waals surface area contributed by atoms with Crippen molar-refractivity contribution in [3.8, 4) is 5.75 Å². The molecule has 0 unspecified atom stereocenters. The maximum atomic E-state index is 13.9. The second-order valence-corrected chi connectivity index (χ2v) is 7.59. The largest absolute Gasteiger partial charge is 0.489 e. The van der Waals surface area contributed by atoms with Crippen molar-refractivity contribution in [1.29, 1.82) is 0 Å². The Morgan fingerprint density at radius 1 is 1.34 bits per heavy atom. The van der Waals surface area contributed by atoms with Crippen LogP contribution in [0, 0.1) is 5.82 Å². The number of carbonyl (C=O) groups is 1. The summed E-state index contributed by atoms with van der Waals surface area (Å²) in [5, 5.41) is 3.73. The zero-order chi connectivity index (χ0) is 20.4. The van der Waals surface area contributed by atoms with Crippen LogP contribution in [0.5, 0.6) is 5.75 Å². The van der Waals surface area contributed by atoms with Gasteiger partial charge in [0, 0.05) is 11.8 Å². The predicted octanol–water partition coefficient (Wildman–Crippen LogP) is 1.64. The minimum absolute atomic E-state index is 0.0465. The van der Waals surface area contributed by atoms with Crippen molar-refractivity contribution in [1.82, 2.24) is 15.2 Å². The molecule has 2 aliphatic rings. The summed E-state index contributed by atoms with van der Waals surface area (Å²) in [5.41, 5.74) is 7.77. The highest BCUT2D eigenvalue weighted by Crippen LogP contribution is 2.28. The van der Waals surface area contributed by atoms with Crippen LogP contribution >= 0.6 is 11.6 Å². The van der Waals surface area contributed by atoms with Crippen LogP contribution in [0.1, 0.15) is 29.0 Å². The standard InChI is InChI=1S/C20H21ClFN5O2/c21-12-8-25-19(26-9-12)16-10-27(11-17(16)23)20(28)15-2-1-13(22)7-18(15)29-14-3-5-24-6-4-14/h1-2,7-9,14,24H,3-6,10-11,23H2/p+1. The number of ether oxygens (including phenoxy) is 1. The normalized spacial score (nSPS) is 17.7. The summed E-state index contributed by atoms with van der Waals surface area (Å²) in [4.78, 5) is 22.0. The summed E-state index contributed by atoms with van der Waals surface area (Å²) in [6.07, 6.45) is 4.70. The highest BCUT2D eigenvalue weighted by Gasteiger charge is 2.32. The topological polar surface area (TPSA) is 94.6 Å². The van der Waals surface area contributed by atoms with Crippen LogP contribution in [0.2, 0.25) is 5.02 Å². The van der Waals surface area contributed by atoms with Crippen molar-refractivity contribution in [2.24, 2.45) is 5.73 Å². The molecule has 0 saturated carbocycles. The second kappa shape index (κ2) is 8.34. The Morgan fingerprint density at radius 2 is 2.14 bits per heavy atom. The van der Waals surface area contributed by atoms with Crippen molar-refractivity contribution in [2.45, 2.75) is 18.9 Å². The smallest absolute Gasteiger partial charge is 0.327 e. The van der Waals surface area contributed by atoms with Gasteiger partial charge in [0.2, 0.25) is 0 Å². The van der Waals surface area contributed by atoms with Gasteiger partial charge in [0.05, 0.1) is 24.2 Å². The van der Waals surface area contributed by atoms with E-state index < -0.39 is 5.82 Å². The number of halogens is 2. The van der Waals surface area contributed by atoms with Crippen LogP contribution in [0.15, 0.2) is 36.3 Å². The third-order valence-corrected chi connectivity index (χ3v) is 5.30. The molecular formula is C20H22ClFN5O2+. The second-order valence-electron chi connectivity index (χ2n) is 7.15. The lowest BCUT2D eigenvalue weighted by Crippen LogP contribution is -2.35. The lowest BCUT2D eigenvalue weighted by Gasteiger charge is -2.25. The molecule has 2 aromatic rings. The molecule has 0 spiro atoms. The summed E-state index contributed by atoms with van der Waals surface area (Å²) in [6.45, 7) is 2.23. The van der Waals surface area contributed by atoms with E-state index in [1.54, 1.807) is 11.1 Å². The maximum Gasteiger partial charge on any atom is 0.327 e. The van der Waals surface area contributed by atoms with Gasteiger partial charge in [0.15, 0.2) is 6.20 Å². The number of nitrogens with two attached hydrogens (primary N) is 1. The average molecular weight is 419 g/mol. The van der Waals surface area contributed by atoms with Crippen LogP contribution in [0.4, 0.5) is 4.39 Å². The van der Waals surface area contributed by atoms with Gasteiger partial charge in [0.1, 0.15) is 28.9 Å². The SMILES string of the molecule is NC1=C(c2ncc(Cl)c[nH+]2)CN(C(=O)c2ccc(F)cc2OC2CCNCC2)C1. The Hall–Kier alpha value is -2.71. The minimum Gasteiger partial charge on any atom is -0.489 e. The number of hydrogen-bond acceptors (Lipinski definition) is 5. The number of H-pyrrole nitrogens is 1. The molecule has 0 bridgehead atoms. The fourth-order valence-electron chi connectivity index (χ4n) is 3.56. The molecule has 4 N–H and O–H groups in total. The van der Waals surface area contributed by atoms with Crippen LogP contribution in [0.3, 0.4) is 0 Å². The first-order valence-electron chi connectivity index (χ1n) is 9.48. The highest BCUT2D eigenvalue weighted by atomic mass is 35.5. The lowest BCUT2D eigenvalue weighted by molar-refractivity contribution is -0.386. The van der Waals surface area contributed by atoms with E-state index >= 15 is 0 Å².